The standard InChI is InChI=1S/C16H25N3O3S/c1-3-14-8-4-5-10-19(14)16(20)18-12-13-7-6-9-15(11-13)23(21,22)17-2/h6-7,9,11,14,17H,3-5,8,10,12H2,1-2H3,(H,18,20). The van der Waals surface area contributed by atoms with E-state index in [4.69, 9.17) is 0 Å². The fraction of sp³-hybridized carbons (Fsp3) is 0.562. The third kappa shape index (κ3) is 4.45. The summed E-state index contributed by atoms with van der Waals surface area (Å²) in [6, 6.07) is 6.84. The Morgan fingerprint density at radius 3 is 2.83 bits per heavy atom. The zero-order chi connectivity index (χ0) is 16.9. The summed E-state index contributed by atoms with van der Waals surface area (Å²) in [5.74, 6) is 0. The van der Waals surface area contributed by atoms with Crippen LogP contribution in [-0.4, -0.2) is 39.0 Å². The minimum absolute atomic E-state index is 0.0709. The number of nitrogens with one attached hydrogen (secondary N) is 2. The Bertz CT molecular complexity index is 646. The molecule has 1 atom stereocenters. The normalized spacial score (nSPS) is 18.7. The van der Waals surface area contributed by atoms with Gasteiger partial charge in [-0.2, -0.15) is 0 Å². The number of urea groups is 1. The van der Waals surface area contributed by atoms with E-state index in [0.717, 1.165) is 31.4 Å². The van der Waals surface area contributed by atoms with E-state index in [9.17, 15) is 13.2 Å². The second-order valence-corrected chi connectivity index (χ2v) is 7.65. The molecule has 1 heterocycles. The van der Waals surface area contributed by atoms with Crippen molar-refractivity contribution in [2.75, 3.05) is 13.6 Å². The van der Waals surface area contributed by atoms with Crippen molar-refractivity contribution in [2.45, 2.75) is 50.1 Å². The highest BCUT2D eigenvalue weighted by atomic mass is 32.2. The van der Waals surface area contributed by atoms with Crippen LogP contribution in [0.15, 0.2) is 29.2 Å². The van der Waals surface area contributed by atoms with Crippen LogP contribution in [0.25, 0.3) is 0 Å². The van der Waals surface area contributed by atoms with E-state index >= 15 is 0 Å². The molecule has 0 radical (unpaired) electrons. The largest absolute Gasteiger partial charge is 0.334 e. The van der Waals surface area contributed by atoms with Crippen molar-refractivity contribution in [1.82, 2.24) is 14.9 Å². The average molecular weight is 339 g/mol. The molecule has 1 unspecified atom stereocenters. The van der Waals surface area contributed by atoms with Crippen LogP contribution in [0.3, 0.4) is 0 Å². The highest BCUT2D eigenvalue weighted by Gasteiger charge is 2.24. The van der Waals surface area contributed by atoms with Crippen molar-refractivity contribution in [3.05, 3.63) is 29.8 Å². The van der Waals surface area contributed by atoms with Gasteiger partial charge in [0.15, 0.2) is 0 Å². The molecular formula is C16H25N3O3S. The third-order valence-electron chi connectivity index (χ3n) is 4.28. The minimum atomic E-state index is -3.47. The van der Waals surface area contributed by atoms with Gasteiger partial charge < -0.3 is 10.2 Å². The molecule has 128 valence electrons. The maximum atomic E-state index is 12.4. The maximum absolute atomic E-state index is 12.4. The summed E-state index contributed by atoms with van der Waals surface area (Å²) in [6.07, 6.45) is 4.23. The summed E-state index contributed by atoms with van der Waals surface area (Å²) in [4.78, 5) is 14.5. The number of benzene rings is 1. The molecule has 0 saturated carbocycles. The van der Waals surface area contributed by atoms with Crippen molar-refractivity contribution < 1.29 is 13.2 Å². The van der Waals surface area contributed by atoms with Crippen LogP contribution in [0, 0.1) is 0 Å². The van der Waals surface area contributed by atoms with Crippen molar-refractivity contribution in [3.8, 4) is 0 Å². The highest BCUT2D eigenvalue weighted by molar-refractivity contribution is 7.89. The summed E-state index contributed by atoms with van der Waals surface area (Å²) < 4.78 is 25.9. The maximum Gasteiger partial charge on any atom is 0.317 e. The molecule has 1 aliphatic rings. The molecule has 1 aromatic rings. The number of carbonyl (C=O) groups is 1. The van der Waals surface area contributed by atoms with Gasteiger partial charge in [0.05, 0.1) is 4.90 Å². The topological polar surface area (TPSA) is 78.5 Å². The Hall–Kier alpha value is -1.60. The first-order valence-electron chi connectivity index (χ1n) is 8.05. The van der Waals surface area contributed by atoms with Gasteiger partial charge in [-0.25, -0.2) is 17.9 Å². The van der Waals surface area contributed by atoms with Crippen molar-refractivity contribution >= 4 is 16.1 Å². The van der Waals surface area contributed by atoms with E-state index in [1.807, 2.05) is 11.0 Å². The third-order valence-corrected chi connectivity index (χ3v) is 5.69. The van der Waals surface area contributed by atoms with Crippen LogP contribution in [0.1, 0.15) is 38.2 Å². The molecule has 23 heavy (non-hydrogen) atoms. The minimum Gasteiger partial charge on any atom is -0.334 e. The smallest absolute Gasteiger partial charge is 0.317 e. The van der Waals surface area contributed by atoms with Crippen molar-refractivity contribution in [2.24, 2.45) is 0 Å². The highest BCUT2D eigenvalue weighted by Crippen LogP contribution is 2.19. The number of nitrogens with zero attached hydrogens (tertiary/aromatic N) is 1. The molecule has 1 fully saturated rings. The first-order valence-corrected chi connectivity index (χ1v) is 9.53. The molecule has 1 aromatic carbocycles. The van der Waals surface area contributed by atoms with Crippen molar-refractivity contribution in [3.63, 3.8) is 0 Å². The summed E-state index contributed by atoms with van der Waals surface area (Å²) >= 11 is 0. The Morgan fingerprint density at radius 2 is 2.13 bits per heavy atom. The molecule has 0 aromatic heterocycles. The van der Waals surface area contributed by atoms with E-state index in [1.165, 1.54) is 19.5 Å². The second-order valence-electron chi connectivity index (χ2n) is 5.76. The number of hydrogen-bond donors (Lipinski definition) is 2. The lowest BCUT2D eigenvalue weighted by molar-refractivity contribution is 0.148. The Labute approximate surface area is 138 Å². The van der Waals surface area contributed by atoms with Crippen LogP contribution in [0.2, 0.25) is 0 Å². The number of amides is 2. The van der Waals surface area contributed by atoms with Gasteiger partial charge >= 0.3 is 6.03 Å². The van der Waals surface area contributed by atoms with Gasteiger partial charge in [-0.15, -0.1) is 0 Å². The second kappa shape index (κ2) is 7.79. The van der Waals surface area contributed by atoms with Gasteiger partial charge in [0.25, 0.3) is 0 Å². The van der Waals surface area contributed by atoms with Gasteiger partial charge in [0.2, 0.25) is 10.0 Å². The molecule has 7 heteroatoms. The van der Waals surface area contributed by atoms with Crippen LogP contribution < -0.4 is 10.0 Å². The molecule has 0 spiro atoms. The van der Waals surface area contributed by atoms with Gasteiger partial charge in [-0.1, -0.05) is 19.1 Å². The first kappa shape index (κ1) is 17.7. The summed E-state index contributed by atoms with van der Waals surface area (Å²) in [5, 5.41) is 2.90. The first-order chi connectivity index (χ1) is 11.0. The van der Waals surface area contributed by atoms with E-state index in [0.29, 0.717) is 12.6 Å². The zero-order valence-electron chi connectivity index (χ0n) is 13.7. The number of sulfonamides is 1. The Kier molecular flexibility index (Phi) is 6.01. The van der Waals surface area contributed by atoms with Gasteiger partial charge in [-0.3, -0.25) is 0 Å². The van der Waals surface area contributed by atoms with Gasteiger partial charge in [-0.05, 0) is 50.4 Å². The number of carbonyl (C=O) groups excluding carboxylic acids is 1. The zero-order valence-corrected chi connectivity index (χ0v) is 14.5. The monoisotopic (exact) mass is 339 g/mol. The number of rotatable bonds is 5. The van der Waals surface area contributed by atoms with E-state index in [-0.39, 0.29) is 10.9 Å². The fourth-order valence-electron chi connectivity index (χ4n) is 2.91. The Balaban J connectivity index is 2.00. The molecule has 6 nitrogen and oxygen atoms in total. The summed E-state index contributed by atoms with van der Waals surface area (Å²) in [6.45, 7) is 3.21. The quantitative estimate of drug-likeness (QED) is 0.862. The predicted molar refractivity (Wildman–Crippen MR) is 89.6 cm³/mol. The van der Waals surface area contributed by atoms with E-state index in [1.54, 1.807) is 12.1 Å². The molecule has 1 aliphatic heterocycles. The Morgan fingerprint density at radius 1 is 1.35 bits per heavy atom. The van der Waals surface area contributed by atoms with Crippen LogP contribution in [0.4, 0.5) is 4.79 Å². The van der Waals surface area contributed by atoms with E-state index in [2.05, 4.69) is 17.0 Å². The fourth-order valence-corrected chi connectivity index (χ4v) is 3.71. The lowest BCUT2D eigenvalue weighted by Gasteiger charge is -2.35. The number of likely N-dealkylation sites (tertiary alicyclic amines) is 1. The van der Waals surface area contributed by atoms with Gasteiger partial charge in [0.1, 0.15) is 0 Å². The molecule has 2 amide bonds. The molecule has 0 aliphatic carbocycles. The van der Waals surface area contributed by atoms with E-state index < -0.39 is 10.0 Å². The molecule has 2 N–H and O–H groups in total. The van der Waals surface area contributed by atoms with Crippen LogP contribution in [-0.2, 0) is 16.6 Å². The average Bonchev–Trinajstić information content (AvgIpc) is 2.59. The molecule has 2 rings (SSSR count). The predicted octanol–water partition coefficient (Wildman–Crippen LogP) is 2.07. The molecule has 1 saturated heterocycles. The SMILES string of the molecule is CCC1CCCCN1C(=O)NCc1cccc(S(=O)(=O)NC)c1. The van der Waals surface area contributed by atoms with Crippen molar-refractivity contribution in [1.29, 1.82) is 0 Å². The summed E-state index contributed by atoms with van der Waals surface area (Å²) in [5.41, 5.74) is 0.764. The number of hydrogen-bond acceptors (Lipinski definition) is 3. The van der Waals surface area contributed by atoms with Gasteiger partial charge in [0, 0.05) is 19.1 Å². The summed E-state index contributed by atoms with van der Waals surface area (Å²) in [7, 11) is -2.09. The lowest BCUT2D eigenvalue weighted by Crippen LogP contribution is -2.48. The van der Waals surface area contributed by atoms with Crippen LogP contribution >= 0.6 is 0 Å². The van der Waals surface area contributed by atoms with Crippen LogP contribution in [0.5, 0.6) is 0 Å². The number of piperidine rings is 1. The molecule has 0 bridgehead atoms. The lowest BCUT2D eigenvalue weighted by atomic mass is 10.0. The molecular weight excluding hydrogens is 314 g/mol.